The van der Waals surface area contributed by atoms with Crippen LogP contribution in [0.25, 0.3) is 22.2 Å². The third-order valence-electron chi connectivity index (χ3n) is 4.44. The Kier molecular flexibility index (Phi) is 4.54. The van der Waals surface area contributed by atoms with Crippen molar-refractivity contribution in [2.75, 3.05) is 0 Å². The lowest BCUT2D eigenvalue weighted by Crippen LogP contribution is -2.23. The molecule has 0 atom stereocenters. The van der Waals surface area contributed by atoms with Gasteiger partial charge in [-0.1, -0.05) is 78.9 Å². The molecule has 0 aliphatic carbocycles. The molecule has 0 saturated carbocycles. The lowest BCUT2D eigenvalue weighted by atomic mass is 10.0. The van der Waals surface area contributed by atoms with Crippen LogP contribution in [0, 0.1) is 0 Å². The van der Waals surface area contributed by atoms with E-state index in [0.29, 0.717) is 23.1 Å². The molecule has 0 unspecified atom stereocenters. The summed E-state index contributed by atoms with van der Waals surface area (Å²) in [5, 5.41) is 14.4. The molecule has 0 radical (unpaired) electrons. The number of pyridine rings is 1. The van der Waals surface area contributed by atoms with Gasteiger partial charge in [0.1, 0.15) is 5.69 Å². The van der Waals surface area contributed by atoms with Crippen molar-refractivity contribution in [1.82, 2.24) is 10.3 Å². The van der Waals surface area contributed by atoms with E-state index in [9.17, 15) is 9.90 Å². The van der Waals surface area contributed by atoms with Crippen LogP contribution < -0.4 is 5.32 Å². The van der Waals surface area contributed by atoms with Crippen molar-refractivity contribution >= 4 is 16.8 Å². The number of aromatic nitrogens is 1. The van der Waals surface area contributed by atoms with Gasteiger partial charge in [0.15, 0.2) is 5.75 Å². The highest BCUT2D eigenvalue weighted by Gasteiger charge is 2.21. The van der Waals surface area contributed by atoms with Crippen LogP contribution in [-0.2, 0) is 6.54 Å². The Morgan fingerprint density at radius 2 is 1.48 bits per heavy atom. The maximum atomic E-state index is 12.9. The van der Waals surface area contributed by atoms with Crippen LogP contribution in [-0.4, -0.2) is 16.0 Å². The summed E-state index contributed by atoms with van der Waals surface area (Å²) in [6.45, 7) is 0.385. The van der Waals surface area contributed by atoms with Gasteiger partial charge < -0.3 is 10.4 Å². The minimum Gasteiger partial charge on any atom is -0.505 e. The van der Waals surface area contributed by atoms with Gasteiger partial charge in [-0.05, 0) is 11.6 Å². The second kappa shape index (κ2) is 7.30. The zero-order chi connectivity index (χ0) is 18.6. The molecule has 27 heavy (non-hydrogen) atoms. The molecular weight excluding hydrogens is 336 g/mol. The lowest BCUT2D eigenvalue weighted by Gasteiger charge is -2.13. The molecule has 1 aromatic heterocycles. The molecule has 0 saturated heterocycles. The van der Waals surface area contributed by atoms with Crippen LogP contribution in [0.15, 0.2) is 84.9 Å². The van der Waals surface area contributed by atoms with Gasteiger partial charge in [0.25, 0.3) is 5.91 Å². The molecule has 0 spiro atoms. The van der Waals surface area contributed by atoms with E-state index < -0.39 is 0 Å². The highest BCUT2D eigenvalue weighted by molar-refractivity contribution is 6.10. The molecule has 4 aromatic rings. The van der Waals surface area contributed by atoms with Crippen molar-refractivity contribution in [3.8, 4) is 17.0 Å². The van der Waals surface area contributed by atoms with Gasteiger partial charge in [-0.25, -0.2) is 4.98 Å². The van der Waals surface area contributed by atoms with Crippen LogP contribution in [0.1, 0.15) is 15.9 Å². The standard InChI is InChI=1S/C23H18N2O2/c26-22-20(23(27)24-15-16-9-3-1-4-10-16)18-13-7-8-14-19(18)25-21(22)17-11-5-2-6-12-17/h1-14,26H,15H2,(H,24,27). The van der Waals surface area contributed by atoms with E-state index in [0.717, 1.165) is 11.1 Å². The Hall–Kier alpha value is -3.66. The number of nitrogens with zero attached hydrogens (tertiary/aromatic N) is 1. The fourth-order valence-electron chi connectivity index (χ4n) is 3.10. The summed E-state index contributed by atoms with van der Waals surface area (Å²) in [7, 11) is 0. The van der Waals surface area contributed by atoms with E-state index in [-0.39, 0.29) is 17.2 Å². The quantitative estimate of drug-likeness (QED) is 0.566. The van der Waals surface area contributed by atoms with E-state index in [2.05, 4.69) is 10.3 Å². The molecule has 3 aromatic carbocycles. The molecule has 0 bridgehead atoms. The molecule has 0 aliphatic heterocycles. The first kappa shape index (κ1) is 16.8. The third-order valence-corrected chi connectivity index (χ3v) is 4.44. The van der Waals surface area contributed by atoms with Crippen molar-refractivity contribution in [2.24, 2.45) is 0 Å². The Bertz CT molecular complexity index is 1090. The van der Waals surface area contributed by atoms with Gasteiger partial charge in [-0.3, -0.25) is 4.79 Å². The Morgan fingerprint density at radius 1 is 0.852 bits per heavy atom. The van der Waals surface area contributed by atoms with Crippen LogP contribution >= 0.6 is 0 Å². The largest absolute Gasteiger partial charge is 0.505 e. The molecule has 4 rings (SSSR count). The fourth-order valence-corrected chi connectivity index (χ4v) is 3.10. The number of benzene rings is 3. The number of para-hydroxylation sites is 1. The maximum absolute atomic E-state index is 12.9. The molecular formula is C23H18N2O2. The summed E-state index contributed by atoms with van der Waals surface area (Å²) in [5.74, 6) is -0.433. The highest BCUT2D eigenvalue weighted by atomic mass is 16.3. The number of carbonyl (C=O) groups is 1. The summed E-state index contributed by atoms with van der Waals surface area (Å²) in [4.78, 5) is 17.5. The molecule has 4 nitrogen and oxygen atoms in total. The second-order valence-corrected chi connectivity index (χ2v) is 6.24. The number of fused-ring (bicyclic) bond motifs is 1. The zero-order valence-corrected chi connectivity index (χ0v) is 14.6. The van der Waals surface area contributed by atoms with Gasteiger partial charge in [-0.15, -0.1) is 0 Å². The molecule has 0 fully saturated rings. The van der Waals surface area contributed by atoms with Crippen LogP contribution in [0.3, 0.4) is 0 Å². The smallest absolute Gasteiger partial charge is 0.256 e. The summed E-state index contributed by atoms with van der Waals surface area (Å²) in [5.41, 5.74) is 3.07. The summed E-state index contributed by atoms with van der Waals surface area (Å²) < 4.78 is 0. The van der Waals surface area contributed by atoms with Crippen LogP contribution in [0.4, 0.5) is 0 Å². The van der Waals surface area contributed by atoms with E-state index in [1.54, 1.807) is 6.07 Å². The zero-order valence-electron chi connectivity index (χ0n) is 14.6. The molecule has 4 heteroatoms. The summed E-state index contributed by atoms with van der Waals surface area (Å²) in [6, 6.07) is 26.4. The predicted molar refractivity (Wildman–Crippen MR) is 106 cm³/mol. The first-order valence-corrected chi connectivity index (χ1v) is 8.73. The number of carbonyl (C=O) groups excluding carboxylic acids is 1. The first-order valence-electron chi connectivity index (χ1n) is 8.73. The van der Waals surface area contributed by atoms with Gasteiger partial charge in [0, 0.05) is 17.5 Å². The minimum absolute atomic E-state index is 0.106. The number of aromatic hydroxyl groups is 1. The van der Waals surface area contributed by atoms with Crippen molar-refractivity contribution in [3.63, 3.8) is 0 Å². The summed E-state index contributed by atoms with van der Waals surface area (Å²) >= 11 is 0. The van der Waals surface area contributed by atoms with Crippen LogP contribution in [0.5, 0.6) is 5.75 Å². The van der Waals surface area contributed by atoms with E-state index in [1.807, 2.05) is 78.9 Å². The fraction of sp³-hybridized carbons (Fsp3) is 0.0435. The molecule has 1 heterocycles. The first-order chi connectivity index (χ1) is 13.2. The average Bonchev–Trinajstić information content (AvgIpc) is 2.73. The van der Waals surface area contributed by atoms with Gasteiger partial charge in [0.05, 0.1) is 11.1 Å². The van der Waals surface area contributed by atoms with Crippen molar-refractivity contribution in [2.45, 2.75) is 6.54 Å². The van der Waals surface area contributed by atoms with E-state index >= 15 is 0 Å². The highest BCUT2D eigenvalue weighted by Crippen LogP contribution is 2.35. The Balaban J connectivity index is 1.78. The number of rotatable bonds is 4. The normalized spacial score (nSPS) is 10.7. The average molecular weight is 354 g/mol. The van der Waals surface area contributed by atoms with Gasteiger partial charge >= 0.3 is 0 Å². The van der Waals surface area contributed by atoms with E-state index in [1.165, 1.54) is 0 Å². The minimum atomic E-state index is -0.327. The van der Waals surface area contributed by atoms with E-state index in [4.69, 9.17) is 0 Å². The lowest BCUT2D eigenvalue weighted by molar-refractivity contribution is 0.0950. The molecule has 2 N–H and O–H groups in total. The van der Waals surface area contributed by atoms with Crippen LogP contribution in [0.2, 0.25) is 0 Å². The SMILES string of the molecule is O=C(NCc1ccccc1)c1c(O)c(-c2ccccc2)nc2ccccc12. The predicted octanol–water partition coefficient (Wildman–Crippen LogP) is 4.54. The van der Waals surface area contributed by atoms with Gasteiger partial charge in [-0.2, -0.15) is 0 Å². The molecule has 0 aliphatic rings. The van der Waals surface area contributed by atoms with Crippen molar-refractivity contribution in [3.05, 3.63) is 96.1 Å². The number of hydrogen-bond donors (Lipinski definition) is 2. The monoisotopic (exact) mass is 354 g/mol. The number of hydrogen-bond acceptors (Lipinski definition) is 3. The Morgan fingerprint density at radius 3 is 2.22 bits per heavy atom. The van der Waals surface area contributed by atoms with Gasteiger partial charge in [0.2, 0.25) is 0 Å². The maximum Gasteiger partial charge on any atom is 0.256 e. The van der Waals surface area contributed by atoms with Crippen molar-refractivity contribution in [1.29, 1.82) is 0 Å². The molecule has 132 valence electrons. The van der Waals surface area contributed by atoms with Crippen molar-refractivity contribution < 1.29 is 9.90 Å². The number of nitrogens with one attached hydrogen (secondary N) is 1. The number of amides is 1. The third kappa shape index (κ3) is 3.37. The summed E-state index contributed by atoms with van der Waals surface area (Å²) in [6.07, 6.45) is 0. The second-order valence-electron chi connectivity index (χ2n) is 6.24. The molecule has 1 amide bonds. The Labute approximate surface area is 157 Å². The topological polar surface area (TPSA) is 62.2 Å².